The van der Waals surface area contributed by atoms with Gasteiger partial charge in [-0.05, 0) is 72.3 Å². The van der Waals surface area contributed by atoms with Gasteiger partial charge in [0.05, 0.1) is 22.9 Å². The topological polar surface area (TPSA) is 127 Å². The van der Waals surface area contributed by atoms with Crippen molar-refractivity contribution in [2.45, 2.75) is 37.5 Å². The number of carbonyl (C=O) groups is 1. The number of nitrogens with one attached hydrogen (secondary N) is 3. The fourth-order valence-electron chi connectivity index (χ4n) is 4.27. The van der Waals surface area contributed by atoms with Gasteiger partial charge in [-0.3, -0.25) is 15.0 Å². The highest BCUT2D eigenvalue weighted by Crippen LogP contribution is 2.27. The lowest BCUT2D eigenvalue weighted by molar-refractivity contribution is 0.262. The molecule has 2 heterocycles. The Morgan fingerprint density at radius 2 is 1.59 bits per heavy atom. The van der Waals surface area contributed by atoms with Gasteiger partial charge in [-0.2, -0.15) is 5.10 Å². The van der Waals surface area contributed by atoms with Gasteiger partial charge in [0.1, 0.15) is 11.6 Å². The first-order chi connectivity index (χ1) is 21.1. The third-order valence-corrected chi connectivity index (χ3v) is 8.03. The van der Waals surface area contributed by atoms with Gasteiger partial charge in [-0.15, -0.1) is 0 Å². The zero-order chi connectivity index (χ0) is 31.2. The number of hydrogen-bond acceptors (Lipinski definition) is 6. The predicted octanol–water partition coefficient (Wildman–Crippen LogP) is 6.63. The van der Waals surface area contributed by atoms with E-state index in [0.29, 0.717) is 35.2 Å². The number of hydrogen-bond donors (Lipinski definition) is 3. The molecule has 0 fully saturated rings. The Balaban J connectivity index is 1.26. The lowest BCUT2D eigenvalue weighted by Crippen LogP contribution is -2.21. The molecule has 2 amide bonds. The third-order valence-electron chi connectivity index (χ3n) is 6.63. The predicted molar refractivity (Wildman–Crippen MR) is 172 cm³/mol. The number of para-hydroxylation sites is 1. The lowest BCUT2D eigenvalue weighted by Gasteiger charge is -2.14. The molecule has 0 saturated carbocycles. The lowest BCUT2D eigenvalue weighted by atomic mass is 9.92. The summed E-state index contributed by atoms with van der Waals surface area (Å²) in [4.78, 5) is 17.2. The van der Waals surface area contributed by atoms with E-state index < -0.39 is 16.1 Å². The molecule has 0 spiro atoms. The molecule has 10 nitrogen and oxygen atoms in total. The third kappa shape index (κ3) is 7.81. The summed E-state index contributed by atoms with van der Waals surface area (Å²) < 4.78 is 35.8. The zero-order valence-electron chi connectivity index (χ0n) is 24.7. The number of aromatic nitrogens is 3. The van der Waals surface area contributed by atoms with Crippen LogP contribution in [0.5, 0.6) is 5.75 Å². The molecule has 11 heteroatoms. The Bertz CT molecular complexity index is 1800. The van der Waals surface area contributed by atoms with Gasteiger partial charge in [0, 0.05) is 41.7 Å². The van der Waals surface area contributed by atoms with Crippen LogP contribution < -0.4 is 20.1 Å². The average Bonchev–Trinajstić information content (AvgIpc) is 3.43. The number of ether oxygens (including phenoxy) is 1. The second kappa shape index (κ2) is 13.0. The number of carbonyl (C=O) groups excluding carboxylic acids is 1. The standard InChI is InChI=1S/C33H34N6O4S/c1-33(2,3)30-22-31(36-32(40)35-25-11-15-28(16-12-25)43-21-19-24-8-7-20-34-23-24)39(37-30)27-13-17-29(18-14-27)44(41,42)38-26-9-5-4-6-10-26/h4-18,20,22-23,38H,19,21H2,1-3H3,(H2,35,36,40). The second-order valence-electron chi connectivity index (χ2n) is 11.1. The first kappa shape index (κ1) is 30.3. The van der Waals surface area contributed by atoms with Gasteiger partial charge >= 0.3 is 6.03 Å². The van der Waals surface area contributed by atoms with Crippen molar-refractivity contribution in [3.63, 3.8) is 0 Å². The Hall–Kier alpha value is -5.16. The summed E-state index contributed by atoms with van der Waals surface area (Å²) in [5, 5.41) is 10.4. The maximum atomic E-state index is 13.0. The van der Waals surface area contributed by atoms with Crippen molar-refractivity contribution in [1.82, 2.24) is 14.8 Å². The molecule has 3 aromatic carbocycles. The van der Waals surface area contributed by atoms with Crippen LogP contribution in [0.4, 0.5) is 22.0 Å². The highest BCUT2D eigenvalue weighted by molar-refractivity contribution is 7.92. The summed E-state index contributed by atoms with van der Waals surface area (Å²) >= 11 is 0. The first-order valence-corrected chi connectivity index (χ1v) is 15.5. The van der Waals surface area contributed by atoms with Gasteiger partial charge in [0.25, 0.3) is 10.0 Å². The molecular weight excluding hydrogens is 576 g/mol. The minimum absolute atomic E-state index is 0.102. The zero-order valence-corrected chi connectivity index (χ0v) is 25.5. The summed E-state index contributed by atoms with van der Waals surface area (Å²) in [6.07, 6.45) is 4.29. The molecule has 0 saturated heterocycles. The summed E-state index contributed by atoms with van der Waals surface area (Å²) in [5.41, 5.74) is 3.19. The minimum Gasteiger partial charge on any atom is -0.493 e. The maximum absolute atomic E-state index is 13.0. The molecule has 2 aromatic heterocycles. The first-order valence-electron chi connectivity index (χ1n) is 14.1. The SMILES string of the molecule is CC(C)(C)c1cc(NC(=O)Nc2ccc(OCCc3cccnc3)cc2)n(-c2ccc(S(=O)(=O)Nc3ccccc3)cc2)n1. The molecule has 0 bridgehead atoms. The Morgan fingerprint density at radius 1 is 0.864 bits per heavy atom. The van der Waals surface area contributed by atoms with Crippen molar-refractivity contribution in [3.05, 3.63) is 121 Å². The van der Waals surface area contributed by atoms with Gasteiger partial charge in [0.15, 0.2) is 0 Å². The van der Waals surface area contributed by atoms with Gasteiger partial charge < -0.3 is 10.1 Å². The van der Waals surface area contributed by atoms with Crippen molar-refractivity contribution in [3.8, 4) is 11.4 Å². The number of nitrogens with zero attached hydrogens (tertiary/aromatic N) is 3. The highest BCUT2D eigenvalue weighted by Gasteiger charge is 2.22. The smallest absolute Gasteiger partial charge is 0.324 e. The molecular formula is C33H34N6O4S. The molecule has 44 heavy (non-hydrogen) atoms. The van der Waals surface area contributed by atoms with Gasteiger partial charge in [0.2, 0.25) is 0 Å². The molecule has 0 radical (unpaired) electrons. The van der Waals surface area contributed by atoms with E-state index >= 15 is 0 Å². The molecule has 5 aromatic rings. The van der Waals surface area contributed by atoms with E-state index in [2.05, 4.69) is 20.3 Å². The molecule has 0 aliphatic heterocycles. The molecule has 3 N–H and O–H groups in total. The normalized spacial score (nSPS) is 11.5. The number of amides is 2. The summed E-state index contributed by atoms with van der Waals surface area (Å²) in [6.45, 7) is 6.58. The number of anilines is 3. The van der Waals surface area contributed by atoms with E-state index in [0.717, 1.165) is 17.7 Å². The van der Waals surface area contributed by atoms with Crippen LogP contribution in [0.1, 0.15) is 32.0 Å². The van der Waals surface area contributed by atoms with Crippen molar-refractivity contribution < 1.29 is 17.9 Å². The van der Waals surface area contributed by atoms with Gasteiger partial charge in [-0.1, -0.05) is 45.0 Å². The molecule has 0 aliphatic rings. The van der Waals surface area contributed by atoms with Crippen LogP contribution in [-0.2, 0) is 21.9 Å². The van der Waals surface area contributed by atoms with E-state index in [1.807, 2.05) is 45.2 Å². The average molecular weight is 611 g/mol. The molecule has 0 unspecified atom stereocenters. The van der Waals surface area contributed by atoms with E-state index in [-0.39, 0.29) is 10.3 Å². The van der Waals surface area contributed by atoms with Crippen molar-refractivity contribution in [2.24, 2.45) is 0 Å². The van der Waals surface area contributed by atoms with Crippen LogP contribution in [0.15, 0.2) is 114 Å². The molecule has 5 rings (SSSR count). The number of sulfonamides is 1. The molecule has 226 valence electrons. The highest BCUT2D eigenvalue weighted by atomic mass is 32.2. The molecule has 0 atom stereocenters. The van der Waals surface area contributed by atoms with E-state index in [1.54, 1.807) is 77.6 Å². The Labute approximate surface area is 257 Å². The van der Waals surface area contributed by atoms with Crippen molar-refractivity contribution in [1.29, 1.82) is 0 Å². The van der Waals surface area contributed by atoms with Crippen LogP contribution in [-0.4, -0.2) is 35.8 Å². The van der Waals surface area contributed by atoms with E-state index in [1.165, 1.54) is 12.1 Å². The quantitative estimate of drug-likeness (QED) is 0.163. The summed E-state index contributed by atoms with van der Waals surface area (Å²) in [7, 11) is -3.79. The number of rotatable bonds is 10. The Morgan fingerprint density at radius 3 is 2.25 bits per heavy atom. The maximum Gasteiger partial charge on any atom is 0.324 e. The largest absolute Gasteiger partial charge is 0.493 e. The molecule has 0 aliphatic carbocycles. The van der Waals surface area contributed by atoms with Gasteiger partial charge in [-0.25, -0.2) is 17.9 Å². The monoisotopic (exact) mass is 610 g/mol. The van der Waals surface area contributed by atoms with Crippen LogP contribution in [0.3, 0.4) is 0 Å². The second-order valence-corrected chi connectivity index (χ2v) is 12.8. The van der Waals surface area contributed by atoms with Crippen LogP contribution in [0, 0.1) is 0 Å². The number of benzene rings is 3. The van der Waals surface area contributed by atoms with E-state index in [4.69, 9.17) is 9.84 Å². The van der Waals surface area contributed by atoms with E-state index in [9.17, 15) is 13.2 Å². The summed E-state index contributed by atoms with van der Waals surface area (Å²) in [5.74, 6) is 1.12. The van der Waals surface area contributed by atoms with Crippen LogP contribution >= 0.6 is 0 Å². The summed E-state index contributed by atoms with van der Waals surface area (Å²) in [6, 6.07) is 27.4. The fourth-order valence-corrected chi connectivity index (χ4v) is 5.32. The van der Waals surface area contributed by atoms with Crippen molar-refractivity contribution >= 4 is 33.2 Å². The number of pyridine rings is 1. The minimum atomic E-state index is -3.79. The number of urea groups is 1. The van der Waals surface area contributed by atoms with Crippen LogP contribution in [0.2, 0.25) is 0 Å². The van der Waals surface area contributed by atoms with Crippen molar-refractivity contribution in [2.75, 3.05) is 22.0 Å². The fraction of sp³-hybridized carbons (Fsp3) is 0.182. The Kier molecular flexibility index (Phi) is 8.96. The van der Waals surface area contributed by atoms with Crippen LogP contribution in [0.25, 0.3) is 5.69 Å².